The molecule has 30 heavy (non-hydrogen) atoms. The third-order valence-corrected chi connectivity index (χ3v) is 4.96. The van der Waals surface area contributed by atoms with Crippen LogP contribution in [0, 0.1) is 11.3 Å². The molecule has 0 radical (unpaired) electrons. The van der Waals surface area contributed by atoms with Gasteiger partial charge in [-0.25, -0.2) is 9.97 Å². The Labute approximate surface area is 175 Å². The normalized spacial score (nSPS) is 14.4. The fourth-order valence-corrected chi connectivity index (χ4v) is 3.16. The zero-order chi connectivity index (χ0) is 20.9. The van der Waals surface area contributed by atoms with Gasteiger partial charge in [-0.05, 0) is 25.2 Å². The average molecular weight is 401 g/mol. The van der Waals surface area contributed by atoms with Crippen LogP contribution in [0.4, 0.5) is 17.8 Å². The van der Waals surface area contributed by atoms with Crippen LogP contribution in [0.25, 0.3) is 11.3 Å². The molecule has 1 aliphatic heterocycles. The van der Waals surface area contributed by atoms with Gasteiger partial charge in [0.2, 0.25) is 17.8 Å². The Morgan fingerprint density at radius 2 is 1.73 bits per heavy atom. The summed E-state index contributed by atoms with van der Waals surface area (Å²) in [4.78, 5) is 27.1. The molecule has 3 heterocycles. The van der Waals surface area contributed by atoms with E-state index < -0.39 is 0 Å². The second-order valence-corrected chi connectivity index (χ2v) is 7.10. The lowest BCUT2D eigenvalue weighted by Gasteiger charge is -2.32. The van der Waals surface area contributed by atoms with E-state index in [0.717, 1.165) is 43.3 Å². The summed E-state index contributed by atoms with van der Waals surface area (Å²) in [5.74, 6) is 2.26. The first kappa shape index (κ1) is 19.7. The highest BCUT2D eigenvalue weighted by Gasteiger charge is 2.18. The summed E-state index contributed by atoms with van der Waals surface area (Å²) < 4.78 is 0. The van der Waals surface area contributed by atoms with Gasteiger partial charge in [0.1, 0.15) is 5.82 Å². The molecule has 152 valence electrons. The van der Waals surface area contributed by atoms with Crippen molar-refractivity contribution < 1.29 is 0 Å². The number of anilines is 3. The maximum atomic E-state index is 8.97. The number of likely N-dealkylation sites (N-methyl/N-ethyl adjacent to an activating group) is 1. The Kier molecular flexibility index (Phi) is 5.77. The summed E-state index contributed by atoms with van der Waals surface area (Å²) in [6, 6.07) is 11.2. The molecular formula is C21H23N9. The molecule has 4 rings (SSSR count). The van der Waals surface area contributed by atoms with E-state index in [1.54, 1.807) is 18.3 Å². The highest BCUT2D eigenvalue weighted by atomic mass is 15.3. The van der Waals surface area contributed by atoms with Crippen molar-refractivity contribution >= 4 is 17.8 Å². The van der Waals surface area contributed by atoms with Crippen LogP contribution in [0.5, 0.6) is 0 Å². The first-order chi connectivity index (χ1) is 14.6. The molecule has 2 aromatic heterocycles. The minimum atomic E-state index is 0.412. The number of nitrogens with one attached hydrogen (secondary N) is 1. The maximum Gasteiger partial charge on any atom is 0.234 e. The fourth-order valence-electron chi connectivity index (χ4n) is 3.16. The van der Waals surface area contributed by atoms with Crippen molar-refractivity contribution in [2.24, 2.45) is 0 Å². The zero-order valence-corrected chi connectivity index (χ0v) is 17.1. The molecule has 1 saturated heterocycles. The number of aromatic nitrogens is 5. The summed E-state index contributed by atoms with van der Waals surface area (Å²) >= 11 is 0. The van der Waals surface area contributed by atoms with Gasteiger partial charge in [-0.3, -0.25) is 5.32 Å². The number of rotatable bonds is 5. The number of aryl methyl sites for hydroxylation is 1. The Morgan fingerprint density at radius 3 is 2.43 bits per heavy atom. The number of hydrogen-bond acceptors (Lipinski definition) is 9. The summed E-state index contributed by atoms with van der Waals surface area (Å²) in [6.07, 6.45) is 2.40. The van der Waals surface area contributed by atoms with Crippen molar-refractivity contribution in [3.05, 3.63) is 47.9 Å². The quantitative estimate of drug-likeness (QED) is 0.689. The summed E-state index contributed by atoms with van der Waals surface area (Å²) in [5.41, 5.74) is 2.27. The summed E-state index contributed by atoms with van der Waals surface area (Å²) in [7, 11) is 2.12. The van der Waals surface area contributed by atoms with E-state index >= 15 is 0 Å². The largest absolute Gasteiger partial charge is 0.338 e. The lowest BCUT2D eigenvalue weighted by Crippen LogP contribution is -2.45. The third-order valence-electron chi connectivity index (χ3n) is 4.96. The van der Waals surface area contributed by atoms with Crippen LogP contribution in [0.3, 0.4) is 0 Å². The standard InChI is InChI=1S/C21H23N9/c1-3-18-25-20(28-21(26-18)30-12-10-29(2)11-13-30)27-19-23-9-8-17(24-19)16-6-4-15(14-22)5-7-16/h4-9H,3,10-13H2,1-2H3,(H,23,24,25,26,27,28). The van der Waals surface area contributed by atoms with E-state index in [2.05, 4.69) is 53.2 Å². The van der Waals surface area contributed by atoms with Crippen molar-refractivity contribution in [2.75, 3.05) is 43.4 Å². The van der Waals surface area contributed by atoms with Gasteiger partial charge in [0.25, 0.3) is 0 Å². The van der Waals surface area contributed by atoms with E-state index in [-0.39, 0.29) is 0 Å². The van der Waals surface area contributed by atoms with Crippen molar-refractivity contribution in [3.63, 3.8) is 0 Å². The van der Waals surface area contributed by atoms with Gasteiger partial charge in [-0.1, -0.05) is 19.1 Å². The molecule has 3 aromatic rings. The van der Waals surface area contributed by atoms with E-state index in [1.165, 1.54) is 0 Å². The van der Waals surface area contributed by atoms with Crippen LogP contribution in [0.1, 0.15) is 18.3 Å². The molecule has 1 N–H and O–H groups in total. The van der Waals surface area contributed by atoms with E-state index in [1.807, 2.05) is 25.1 Å². The Hall–Kier alpha value is -3.64. The first-order valence-corrected chi connectivity index (χ1v) is 9.93. The second kappa shape index (κ2) is 8.80. The van der Waals surface area contributed by atoms with Gasteiger partial charge in [0.15, 0.2) is 0 Å². The molecule has 0 unspecified atom stereocenters. The molecule has 9 heteroatoms. The van der Waals surface area contributed by atoms with Crippen molar-refractivity contribution in [3.8, 4) is 17.3 Å². The van der Waals surface area contributed by atoms with Gasteiger partial charge in [0.05, 0.1) is 17.3 Å². The van der Waals surface area contributed by atoms with Gasteiger partial charge in [-0.15, -0.1) is 0 Å². The van der Waals surface area contributed by atoms with Crippen LogP contribution >= 0.6 is 0 Å². The average Bonchev–Trinajstić information content (AvgIpc) is 2.79. The van der Waals surface area contributed by atoms with Crippen LogP contribution in [-0.4, -0.2) is 63.0 Å². The molecule has 0 atom stereocenters. The minimum Gasteiger partial charge on any atom is -0.338 e. The van der Waals surface area contributed by atoms with E-state index in [9.17, 15) is 0 Å². The topological polar surface area (TPSA) is 107 Å². The SMILES string of the molecule is CCc1nc(Nc2nccc(-c3ccc(C#N)cc3)n2)nc(N2CCN(C)CC2)n1. The van der Waals surface area contributed by atoms with Crippen LogP contribution in [0.15, 0.2) is 36.5 Å². The Balaban J connectivity index is 1.57. The number of nitrogens with zero attached hydrogens (tertiary/aromatic N) is 8. The van der Waals surface area contributed by atoms with Gasteiger partial charge in [-0.2, -0.15) is 20.2 Å². The van der Waals surface area contributed by atoms with E-state index in [0.29, 0.717) is 29.8 Å². The molecule has 0 aliphatic carbocycles. The van der Waals surface area contributed by atoms with E-state index in [4.69, 9.17) is 5.26 Å². The predicted molar refractivity (Wildman–Crippen MR) is 114 cm³/mol. The summed E-state index contributed by atoms with van der Waals surface area (Å²) in [5, 5.41) is 12.1. The minimum absolute atomic E-state index is 0.412. The molecule has 0 amide bonds. The number of piperazine rings is 1. The Morgan fingerprint density at radius 1 is 0.967 bits per heavy atom. The van der Waals surface area contributed by atoms with Gasteiger partial charge in [0, 0.05) is 44.4 Å². The monoisotopic (exact) mass is 401 g/mol. The molecule has 1 aromatic carbocycles. The highest BCUT2D eigenvalue weighted by Crippen LogP contribution is 2.20. The maximum absolute atomic E-state index is 8.97. The molecule has 1 fully saturated rings. The fraction of sp³-hybridized carbons (Fsp3) is 0.333. The smallest absolute Gasteiger partial charge is 0.234 e. The van der Waals surface area contributed by atoms with Crippen molar-refractivity contribution in [2.45, 2.75) is 13.3 Å². The molecule has 1 aliphatic rings. The van der Waals surface area contributed by atoms with Crippen molar-refractivity contribution in [1.82, 2.24) is 29.8 Å². The van der Waals surface area contributed by atoms with Crippen LogP contribution in [0.2, 0.25) is 0 Å². The molecule has 0 bridgehead atoms. The lowest BCUT2D eigenvalue weighted by molar-refractivity contribution is 0.311. The van der Waals surface area contributed by atoms with Gasteiger partial charge >= 0.3 is 0 Å². The van der Waals surface area contributed by atoms with Gasteiger partial charge < -0.3 is 9.80 Å². The zero-order valence-electron chi connectivity index (χ0n) is 17.1. The Bertz CT molecular complexity index is 1050. The van der Waals surface area contributed by atoms with Crippen molar-refractivity contribution in [1.29, 1.82) is 5.26 Å². The lowest BCUT2D eigenvalue weighted by atomic mass is 10.1. The molecule has 0 spiro atoms. The highest BCUT2D eigenvalue weighted by molar-refractivity contribution is 5.62. The molecule has 9 nitrogen and oxygen atoms in total. The summed E-state index contributed by atoms with van der Waals surface area (Å²) in [6.45, 7) is 5.74. The number of nitriles is 1. The third kappa shape index (κ3) is 4.50. The molecular weight excluding hydrogens is 378 g/mol. The second-order valence-electron chi connectivity index (χ2n) is 7.10. The van der Waals surface area contributed by atoms with Crippen LogP contribution in [-0.2, 0) is 6.42 Å². The first-order valence-electron chi connectivity index (χ1n) is 9.93. The number of hydrogen-bond donors (Lipinski definition) is 1. The predicted octanol–water partition coefficient (Wildman–Crippen LogP) is 2.26. The molecule has 0 saturated carbocycles. The number of benzene rings is 1. The van der Waals surface area contributed by atoms with Crippen LogP contribution < -0.4 is 10.2 Å².